The third-order valence-corrected chi connectivity index (χ3v) is 8.95. The summed E-state index contributed by atoms with van der Waals surface area (Å²) < 4.78 is 0. The van der Waals surface area contributed by atoms with Crippen LogP contribution in [-0.2, 0) is 0 Å². The Morgan fingerprint density at radius 2 is 1.65 bits per heavy atom. The number of fused-ring (bicyclic) bond motifs is 5. The standard InChI is InChI=1S/C21H32O2/c1-4-21(23)12-11-19(2)14(13-21)5-6-15-16-7-8-18(22)20(16,3)10-9-17(15)19/h1,14-18,22-23H,5-13H2,2-3H3/t14?,15-,16-,17-,18-,19-,20-,21-/m0/s1. The minimum absolute atomic E-state index is 0.0862. The normalized spacial score (nSPS) is 58.7. The van der Waals surface area contributed by atoms with Gasteiger partial charge in [-0.25, -0.2) is 0 Å². The first kappa shape index (κ1) is 16.0. The summed E-state index contributed by atoms with van der Waals surface area (Å²) in [5.41, 5.74) is -0.344. The molecule has 0 amide bonds. The highest BCUT2D eigenvalue weighted by atomic mass is 16.3. The first-order valence-electron chi connectivity index (χ1n) is 9.71. The summed E-state index contributed by atoms with van der Waals surface area (Å²) >= 11 is 0. The lowest BCUT2D eigenvalue weighted by atomic mass is 9.44. The highest BCUT2D eigenvalue weighted by Gasteiger charge is 2.60. The van der Waals surface area contributed by atoms with Gasteiger partial charge in [-0.05, 0) is 92.3 Å². The van der Waals surface area contributed by atoms with Crippen LogP contribution in [0.15, 0.2) is 0 Å². The minimum Gasteiger partial charge on any atom is -0.393 e. The van der Waals surface area contributed by atoms with E-state index in [4.69, 9.17) is 6.42 Å². The van der Waals surface area contributed by atoms with Crippen LogP contribution >= 0.6 is 0 Å². The van der Waals surface area contributed by atoms with Crippen molar-refractivity contribution >= 4 is 0 Å². The number of hydrogen-bond acceptors (Lipinski definition) is 2. The molecule has 23 heavy (non-hydrogen) atoms. The van der Waals surface area contributed by atoms with Crippen LogP contribution in [0.3, 0.4) is 0 Å². The summed E-state index contributed by atoms with van der Waals surface area (Å²) in [6.45, 7) is 4.83. The van der Waals surface area contributed by atoms with Crippen molar-refractivity contribution in [1.29, 1.82) is 0 Å². The van der Waals surface area contributed by atoms with E-state index in [0.717, 1.165) is 37.5 Å². The molecular weight excluding hydrogens is 284 g/mol. The summed E-state index contributed by atoms with van der Waals surface area (Å²) in [5, 5.41) is 21.1. The maximum atomic E-state index is 10.6. The average Bonchev–Trinajstić information content (AvgIpc) is 2.84. The fraction of sp³-hybridized carbons (Fsp3) is 0.905. The fourth-order valence-corrected chi connectivity index (χ4v) is 7.35. The molecule has 0 heterocycles. The van der Waals surface area contributed by atoms with Crippen LogP contribution in [-0.4, -0.2) is 21.9 Å². The zero-order valence-electron chi connectivity index (χ0n) is 14.7. The minimum atomic E-state index is -0.857. The van der Waals surface area contributed by atoms with Crippen molar-refractivity contribution in [3.05, 3.63) is 0 Å². The Balaban J connectivity index is 1.61. The van der Waals surface area contributed by atoms with E-state index in [1.54, 1.807) is 0 Å². The summed E-state index contributed by atoms with van der Waals surface area (Å²) in [6, 6.07) is 0. The van der Waals surface area contributed by atoms with Crippen molar-refractivity contribution in [3.63, 3.8) is 0 Å². The molecule has 4 aliphatic rings. The van der Waals surface area contributed by atoms with E-state index in [2.05, 4.69) is 19.8 Å². The van der Waals surface area contributed by atoms with Gasteiger partial charge in [0.05, 0.1) is 6.10 Å². The molecule has 128 valence electrons. The highest BCUT2D eigenvalue weighted by molar-refractivity contribution is 5.16. The van der Waals surface area contributed by atoms with E-state index in [9.17, 15) is 10.2 Å². The van der Waals surface area contributed by atoms with E-state index < -0.39 is 5.60 Å². The van der Waals surface area contributed by atoms with Gasteiger partial charge in [0, 0.05) is 0 Å². The van der Waals surface area contributed by atoms with Gasteiger partial charge >= 0.3 is 0 Å². The second-order valence-corrected chi connectivity index (χ2v) is 9.67. The van der Waals surface area contributed by atoms with Gasteiger partial charge in [0.2, 0.25) is 0 Å². The Morgan fingerprint density at radius 3 is 2.39 bits per heavy atom. The van der Waals surface area contributed by atoms with Crippen LogP contribution in [0.5, 0.6) is 0 Å². The quantitative estimate of drug-likeness (QED) is 0.668. The monoisotopic (exact) mass is 316 g/mol. The molecule has 0 saturated heterocycles. The Hall–Kier alpha value is -0.520. The van der Waals surface area contributed by atoms with Crippen molar-refractivity contribution in [1.82, 2.24) is 0 Å². The molecule has 0 bridgehead atoms. The predicted molar refractivity (Wildman–Crippen MR) is 91.5 cm³/mol. The van der Waals surface area contributed by atoms with Gasteiger partial charge < -0.3 is 10.2 Å². The van der Waals surface area contributed by atoms with E-state index in [1.165, 1.54) is 32.1 Å². The third-order valence-electron chi connectivity index (χ3n) is 8.95. The molecule has 2 nitrogen and oxygen atoms in total. The third kappa shape index (κ3) is 2.09. The summed E-state index contributed by atoms with van der Waals surface area (Å²) in [4.78, 5) is 0. The molecule has 2 heteroatoms. The second kappa shape index (κ2) is 4.99. The zero-order chi connectivity index (χ0) is 16.5. The van der Waals surface area contributed by atoms with E-state index >= 15 is 0 Å². The van der Waals surface area contributed by atoms with Crippen LogP contribution in [0, 0.1) is 46.8 Å². The van der Waals surface area contributed by atoms with Gasteiger partial charge in [-0.2, -0.15) is 0 Å². The van der Waals surface area contributed by atoms with Crippen molar-refractivity contribution in [2.75, 3.05) is 0 Å². The van der Waals surface area contributed by atoms with Crippen molar-refractivity contribution in [3.8, 4) is 12.3 Å². The van der Waals surface area contributed by atoms with Crippen LogP contribution in [0.25, 0.3) is 0 Å². The Morgan fingerprint density at radius 1 is 0.913 bits per heavy atom. The average molecular weight is 316 g/mol. The van der Waals surface area contributed by atoms with Gasteiger partial charge in [-0.1, -0.05) is 19.8 Å². The van der Waals surface area contributed by atoms with Crippen molar-refractivity contribution in [2.45, 2.75) is 83.3 Å². The lowest BCUT2D eigenvalue weighted by Crippen LogP contribution is -2.56. The van der Waals surface area contributed by atoms with Crippen LogP contribution in [0.2, 0.25) is 0 Å². The SMILES string of the molecule is C#C[C@]1(O)CC[C@@]2(C)C(CC[C@H]3[C@@H]4CC[C@H](O)[C@@]4(C)CC[C@@H]32)C1. The predicted octanol–water partition coefficient (Wildman–Crippen LogP) is 3.75. The molecule has 1 unspecified atom stereocenters. The maximum absolute atomic E-state index is 10.6. The smallest absolute Gasteiger partial charge is 0.125 e. The molecule has 0 aromatic rings. The first-order valence-corrected chi connectivity index (χ1v) is 9.71. The second-order valence-electron chi connectivity index (χ2n) is 9.67. The molecule has 0 aromatic carbocycles. The summed E-state index contributed by atoms with van der Waals surface area (Å²) in [6.07, 6.45) is 15.3. The number of rotatable bonds is 0. The van der Waals surface area contributed by atoms with Gasteiger partial charge in [0.15, 0.2) is 0 Å². The van der Waals surface area contributed by atoms with Gasteiger partial charge in [-0.15, -0.1) is 6.42 Å². The molecule has 4 aliphatic carbocycles. The van der Waals surface area contributed by atoms with E-state index in [-0.39, 0.29) is 11.5 Å². The van der Waals surface area contributed by atoms with Gasteiger partial charge in [-0.3, -0.25) is 0 Å². The van der Waals surface area contributed by atoms with Crippen LogP contribution < -0.4 is 0 Å². The number of hydrogen-bond donors (Lipinski definition) is 2. The molecule has 2 N–H and O–H groups in total. The Labute approximate surface area is 141 Å². The lowest BCUT2D eigenvalue weighted by molar-refractivity contribution is -0.143. The molecule has 4 rings (SSSR count). The van der Waals surface area contributed by atoms with Gasteiger partial charge in [0.25, 0.3) is 0 Å². The molecule has 0 radical (unpaired) electrons. The van der Waals surface area contributed by atoms with E-state index in [1.807, 2.05) is 0 Å². The van der Waals surface area contributed by atoms with Crippen LogP contribution in [0.4, 0.5) is 0 Å². The molecular formula is C21H32O2. The van der Waals surface area contributed by atoms with E-state index in [0.29, 0.717) is 17.3 Å². The molecule has 0 spiro atoms. The zero-order valence-corrected chi connectivity index (χ0v) is 14.7. The maximum Gasteiger partial charge on any atom is 0.125 e. The topological polar surface area (TPSA) is 40.5 Å². The molecule has 4 fully saturated rings. The largest absolute Gasteiger partial charge is 0.393 e. The van der Waals surface area contributed by atoms with Gasteiger partial charge in [0.1, 0.15) is 5.60 Å². The Kier molecular flexibility index (Phi) is 3.47. The lowest BCUT2D eigenvalue weighted by Gasteiger charge is -2.61. The van der Waals surface area contributed by atoms with Crippen molar-refractivity contribution < 1.29 is 10.2 Å². The summed E-state index contributed by atoms with van der Waals surface area (Å²) in [5.74, 6) is 5.51. The van der Waals surface area contributed by atoms with Crippen LogP contribution in [0.1, 0.15) is 71.6 Å². The molecule has 0 aliphatic heterocycles. The number of terminal acetylenes is 1. The molecule has 4 saturated carbocycles. The first-order chi connectivity index (χ1) is 10.8. The molecule has 8 atom stereocenters. The molecule has 0 aromatic heterocycles. The number of aliphatic hydroxyl groups excluding tert-OH is 1. The number of aliphatic hydroxyl groups is 2. The fourth-order valence-electron chi connectivity index (χ4n) is 7.35. The highest BCUT2D eigenvalue weighted by Crippen LogP contribution is 2.66. The summed E-state index contributed by atoms with van der Waals surface area (Å²) in [7, 11) is 0. The Bertz CT molecular complexity index is 536. The van der Waals surface area contributed by atoms with Crippen molar-refractivity contribution in [2.24, 2.45) is 34.5 Å².